The molecule has 0 saturated carbocycles. The molecule has 0 bridgehead atoms. The fraction of sp³-hybridized carbons (Fsp3) is 0.417. The zero-order valence-electron chi connectivity index (χ0n) is 10.8. The quantitative estimate of drug-likeness (QED) is 0.822. The third-order valence-electron chi connectivity index (χ3n) is 2.51. The maximum absolute atomic E-state index is 12.5. The summed E-state index contributed by atoms with van der Waals surface area (Å²) >= 11 is 0. The molecule has 2 amide bonds. The first-order valence-electron chi connectivity index (χ1n) is 5.77. The number of rotatable bonds is 3. The number of benzene rings is 1. The van der Waals surface area contributed by atoms with Gasteiger partial charge in [-0.25, -0.2) is 4.79 Å². The van der Waals surface area contributed by atoms with Gasteiger partial charge in [0.1, 0.15) is 6.54 Å². The molecule has 118 valence electrons. The van der Waals surface area contributed by atoms with Crippen molar-refractivity contribution >= 4 is 6.03 Å². The minimum atomic E-state index is -4.56. The molecule has 0 fully saturated rings. The lowest BCUT2D eigenvalue weighted by molar-refractivity contribution is -0.137. The van der Waals surface area contributed by atoms with Crippen LogP contribution in [-0.2, 0) is 6.18 Å². The molecule has 0 aliphatic rings. The van der Waals surface area contributed by atoms with Crippen LogP contribution in [0.15, 0.2) is 24.3 Å². The van der Waals surface area contributed by atoms with E-state index in [2.05, 4.69) is 5.32 Å². The summed E-state index contributed by atoms with van der Waals surface area (Å²) in [5.74, 6) is 0. The molecule has 0 saturated heterocycles. The highest BCUT2D eigenvalue weighted by Gasteiger charge is 2.31. The zero-order valence-corrected chi connectivity index (χ0v) is 10.8. The van der Waals surface area contributed by atoms with Gasteiger partial charge in [-0.05, 0) is 24.6 Å². The van der Waals surface area contributed by atoms with Gasteiger partial charge in [0.2, 0.25) is 0 Å². The maximum Gasteiger partial charge on any atom is 0.416 e. The molecule has 1 atom stereocenters. The number of amides is 2. The Morgan fingerprint density at radius 3 is 2.33 bits per heavy atom. The van der Waals surface area contributed by atoms with Crippen LogP contribution in [0.2, 0.25) is 0 Å². The van der Waals surface area contributed by atoms with E-state index in [1.165, 1.54) is 13.0 Å². The van der Waals surface area contributed by atoms with Crippen molar-refractivity contribution in [2.45, 2.75) is 25.3 Å². The van der Waals surface area contributed by atoms with Gasteiger partial charge in [0.05, 0.1) is 11.6 Å². The first-order chi connectivity index (χ1) is 9.49. The van der Waals surface area contributed by atoms with E-state index < -0.39 is 36.5 Å². The van der Waals surface area contributed by atoms with Gasteiger partial charge in [0.25, 0.3) is 0 Å². The van der Waals surface area contributed by atoms with Crippen molar-refractivity contribution in [3.63, 3.8) is 0 Å². The van der Waals surface area contributed by atoms with Crippen molar-refractivity contribution in [3.8, 4) is 0 Å². The minimum Gasteiger partial charge on any atom is -0.332 e. The van der Waals surface area contributed by atoms with Gasteiger partial charge in [-0.15, -0.1) is 0 Å². The summed E-state index contributed by atoms with van der Waals surface area (Å²) in [6.07, 6.45) is -9.09. The summed E-state index contributed by atoms with van der Waals surface area (Å²) in [5.41, 5.74) is -0.767. The molecular weight excluding hydrogens is 302 g/mol. The minimum absolute atomic E-state index is 0.131. The Morgan fingerprint density at radius 1 is 1.19 bits per heavy atom. The summed E-state index contributed by atoms with van der Waals surface area (Å²) in [4.78, 5) is 11.2. The van der Waals surface area contributed by atoms with Crippen molar-refractivity contribution in [1.82, 2.24) is 10.6 Å². The van der Waals surface area contributed by atoms with E-state index in [1.807, 2.05) is 0 Å². The molecule has 2 N–H and O–H groups in total. The maximum atomic E-state index is 12.5. The Bertz CT molecular complexity index is 497. The van der Waals surface area contributed by atoms with Gasteiger partial charge in [-0.1, -0.05) is 12.1 Å². The Hall–Kier alpha value is -1.93. The lowest BCUT2D eigenvalue weighted by atomic mass is 10.1. The molecule has 1 aromatic carbocycles. The van der Waals surface area contributed by atoms with Gasteiger partial charge in [0.15, 0.2) is 0 Å². The number of carbonyl (C=O) groups is 1. The third kappa shape index (κ3) is 5.92. The second kappa shape index (κ2) is 6.23. The van der Waals surface area contributed by atoms with Crippen LogP contribution >= 0.6 is 0 Å². The topological polar surface area (TPSA) is 41.1 Å². The lowest BCUT2D eigenvalue weighted by Gasteiger charge is -2.17. The van der Waals surface area contributed by atoms with Gasteiger partial charge in [-0.3, -0.25) is 0 Å². The molecule has 21 heavy (non-hydrogen) atoms. The number of hydrogen-bond donors (Lipinski definition) is 2. The average molecular weight is 314 g/mol. The van der Waals surface area contributed by atoms with Gasteiger partial charge < -0.3 is 10.6 Å². The molecular formula is C12H12F6N2O. The highest BCUT2D eigenvalue weighted by atomic mass is 19.4. The molecule has 0 aliphatic carbocycles. The summed E-state index contributed by atoms with van der Waals surface area (Å²) in [7, 11) is 0. The molecule has 1 aromatic rings. The van der Waals surface area contributed by atoms with Crippen molar-refractivity contribution in [1.29, 1.82) is 0 Å². The van der Waals surface area contributed by atoms with Crippen LogP contribution in [0.1, 0.15) is 24.1 Å². The number of nitrogens with one attached hydrogen (secondary N) is 2. The fourth-order valence-electron chi connectivity index (χ4n) is 1.50. The Labute approximate surface area is 116 Å². The molecule has 0 aliphatic heterocycles. The van der Waals surface area contributed by atoms with E-state index in [0.717, 1.165) is 18.2 Å². The van der Waals surface area contributed by atoms with Gasteiger partial charge in [-0.2, -0.15) is 26.3 Å². The van der Waals surface area contributed by atoms with E-state index in [0.29, 0.717) is 0 Å². The standard InChI is InChI=1S/C12H12F6N2O/c1-7(20-10(21)19-6-11(13,14)15)8-3-2-4-9(5-8)12(16,17)18/h2-5,7H,6H2,1H3,(H2,19,20,21). The van der Waals surface area contributed by atoms with Gasteiger partial charge >= 0.3 is 18.4 Å². The molecule has 0 spiro atoms. The monoisotopic (exact) mass is 314 g/mol. The van der Waals surface area contributed by atoms with Gasteiger partial charge in [0, 0.05) is 0 Å². The van der Waals surface area contributed by atoms with E-state index in [-0.39, 0.29) is 5.56 Å². The molecule has 0 heterocycles. The molecule has 1 rings (SSSR count). The van der Waals surface area contributed by atoms with Crippen molar-refractivity contribution in [3.05, 3.63) is 35.4 Å². The number of urea groups is 1. The van der Waals surface area contributed by atoms with Crippen LogP contribution < -0.4 is 10.6 Å². The van der Waals surface area contributed by atoms with Crippen molar-refractivity contribution in [2.24, 2.45) is 0 Å². The van der Waals surface area contributed by atoms with Crippen LogP contribution in [0.3, 0.4) is 0 Å². The second-order valence-electron chi connectivity index (χ2n) is 4.29. The van der Waals surface area contributed by atoms with E-state index in [9.17, 15) is 31.1 Å². The first-order valence-corrected chi connectivity index (χ1v) is 5.77. The number of alkyl halides is 6. The number of hydrogen-bond acceptors (Lipinski definition) is 1. The highest BCUT2D eigenvalue weighted by Crippen LogP contribution is 2.30. The predicted octanol–water partition coefficient (Wildman–Crippen LogP) is 3.63. The normalized spacial score (nSPS) is 13.7. The lowest BCUT2D eigenvalue weighted by Crippen LogP contribution is -2.41. The van der Waals surface area contributed by atoms with Crippen molar-refractivity contribution < 1.29 is 31.1 Å². The molecule has 1 unspecified atom stereocenters. The summed E-state index contributed by atoms with van der Waals surface area (Å²) < 4.78 is 73.2. The van der Waals surface area contributed by atoms with E-state index >= 15 is 0 Å². The van der Waals surface area contributed by atoms with E-state index in [1.54, 1.807) is 5.32 Å². The molecule has 0 aromatic heterocycles. The van der Waals surface area contributed by atoms with Crippen LogP contribution in [0, 0.1) is 0 Å². The summed E-state index contributed by atoms with van der Waals surface area (Å²) in [5, 5.41) is 3.70. The Kier molecular flexibility index (Phi) is 5.08. The summed E-state index contributed by atoms with van der Waals surface area (Å²) in [6.45, 7) is -0.156. The largest absolute Gasteiger partial charge is 0.416 e. The second-order valence-corrected chi connectivity index (χ2v) is 4.29. The predicted molar refractivity (Wildman–Crippen MR) is 62.4 cm³/mol. The SMILES string of the molecule is CC(NC(=O)NCC(F)(F)F)c1cccc(C(F)(F)F)c1. The Balaban J connectivity index is 2.68. The van der Waals surface area contributed by atoms with Crippen molar-refractivity contribution in [2.75, 3.05) is 6.54 Å². The molecule has 3 nitrogen and oxygen atoms in total. The highest BCUT2D eigenvalue weighted by molar-refractivity contribution is 5.74. The Morgan fingerprint density at radius 2 is 1.81 bits per heavy atom. The van der Waals surface area contributed by atoms with Crippen LogP contribution in [0.5, 0.6) is 0 Å². The van der Waals surface area contributed by atoms with Crippen LogP contribution in [-0.4, -0.2) is 18.8 Å². The summed E-state index contributed by atoms with van der Waals surface area (Å²) in [6, 6.07) is 2.19. The van der Waals surface area contributed by atoms with E-state index in [4.69, 9.17) is 0 Å². The number of carbonyl (C=O) groups excluding carboxylic acids is 1. The average Bonchev–Trinajstić information content (AvgIpc) is 2.34. The molecule has 0 radical (unpaired) electrons. The first kappa shape index (κ1) is 17.1. The zero-order chi connectivity index (χ0) is 16.3. The fourth-order valence-corrected chi connectivity index (χ4v) is 1.50. The number of halogens is 6. The third-order valence-corrected chi connectivity index (χ3v) is 2.51. The van der Waals surface area contributed by atoms with Crippen LogP contribution in [0.25, 0.3) is 0 Å². The molecule has 9 heteroatoms. The smallest absolute Gasteiger partial charge is 0.332 e. The van der Waals surface area contributed by atoms with Crippen LogP contribution in [0.4, 0.5) is 31.1 Å².